The van der Waals surface area contributed by atoms with Crippen molar-refractivity contribution in [3.8, 4) is 0 Å². The molecule has 2 rings (SSSR count). The zero-order chi connectivity index (χ0) is 20.6. The lowest BCUT2D eigenvalue weighted by Gasteiger charge is -2.32. The van der Waals surface area contributed by atoms with Gasteiger partial charge >= 0.3 is 0 Å². The number of carbonyl (C=O) groups is 4. The maximum Gasteiger partial charge on any atom is 0.249 e. The van der Waals surface area contributed by atoms with Crippen LogP contribution < -0.4 is 21.3 Å². The monoisotopic (exact) mass is 374 g/mol. The van der Waals surface area contributed by atoms with Crippen LogP contribution in [0.15, 0.2) is 24.3 Å². The molecule has 1 aliphatic heterocycles. The van der Waals surface area contributed by atoms with E-state index >= 15 is 0 Å². The average molecular weight is 374 g/mol. The minimum atomic E-state index is -1.49. The Bertz CT molecular complexity index is 747. The van der Waals surface area contributed by atoms with Crippen LogP contribution in [-0.2, 0) is 19.2 Å². The number of rotatable bonds is 0. The molecule has 0 bridgehead atoms. The van der Waals surface area contributed by atoms with E-state index in [1.54, 1.807) is 52.0 Å². The molecule has 0 radical (unpaired) electrons. The summed E-state index contributed by atoms with van der Waals surface area (Å²) in [6.07, 6.45) is 0. The van der Waals surface area contributed by atoms with Gasteiger partial charge in [-0.3, -0.25) is 19.2 Å². The van der Waals surface area contributed by atoms with Gasteiger partial charge in [-0.05, 0) is 53.7 Å². The van der Waals surface area contributed by atoms with E-state index in [4.69, 9.17) is 0 Å². The predicted molar refractivity (Wildman–Crippen MR) is 102 cm³/mol. The molecule has 0 atom stereocenters. The summed E-state index contributed by atoms with van der Waals surface area (Å²) in [6.45, 7) is 9.04. The zero-order valence-corrected chi connectivity index (χ0v) is 16.4. The summed E-state index contributed by atoms with van der Waals surface area (Å²) < 4.78 is 0. The second-order valence-corrected chi connectivity index (χ2v) is 8.24. The highest BCUT2D eigenvalue weighted by molar-refractivity contribution is 6.11. The van der Waals surface area contributed by atoms with Crippen molar-refractivity contribution in [2.45, 2.75) is 52.6 Å². The molecule has 0 fully saturated rings. The lowest BCUT2D eigenvalue weighted by molar-refractivity contribution is -0.145. The van der Waals surface area contributed by atoms with E-state index in [9.17, 15) is 19.2 Å². The molecule has 146 valence electrons. The third kappa shape index (κ3) is 4.10. The third-order valence-corrected chi connectivity index (χ3v) is 4.55. The molecule has 8 heteroatoms. The number of fused-ring (bicyclic) bond motifs is 1. The predicted octanol–water partition coefficient (Wildman–Crippen LogP) is 1.39. The Hall–Kier alpha value is -2.90. The number of nitrogens with one attached hydrogen (secondary N) is 4. The van der Waals surface area contributed by atoms with Gasteiger partial charge in [0.25, 0.3) is 0 Å². The van der Waals surface area contributed by atoms with Crippen LogP contribution in [0.2, 0.25) is 0 Å². The Labute approximate surface area is 158 Å². The van der Waals surface area contributed by atoms with E-state index in [2.05, 4.69) is 21.3 Å². The summed E-state index contributed by atoms with van der Waals surface area (Å²) in [5.74, 6) is -2.20. The molecule has 1 heterocycles. The topological polar surface area (TPSA) is 116 Å². The number of hydrogen-bond donors (Lipinski definition) is 4. The summed E-state index contributed by atoms with van der Waals surface area (Å²) in [5.41, 5.74) is -3.28. The Balaban J connectivity index is 2.55. The van der Waals surface area contributed by atoms with Crippen LogP contribution in [0.25, 0.3) is 0 Å². The summed E-state index contributed by atoms with van der Waals surface area (Å²) in [6, 6.07) is 6.71. The normalized spacial score (nSPS) is 21.9. The van der Waals surface area contributed by atoms with Gasteiger partial charge < -0.3 is 21.3 Å². The molecule has 8 nitrogen and oxygen atoms in total. The number of hydrogen-bond acceptors (Lipinski definition) is 4. The van der Waals surface area contributed by atoms with E-state index in [0.29, 0.717) is 11.4 Å². The van der Waals surface area contributed by atoms with Crippen LogP contribution in [0, 0.1) is 5.41 Å². The maximum absolute atomic E-state index is 12.7. The van der Waals surface area contributed by atoms with Crippen LogP contribution >= 0.6 is 0 Å². The first-order valence-electron chi connectivity index (χ1n) is 8.64. The average Bonchev–Trinajstić information content (AvgIpc) is 2.54. The zero-order valence-electron chi connectivity index (χ0n) is 16.4. The van der Waals surface area contributed by atoms with Crippen molar-refractivity contribution in [3.63, 3.8) is 0 Å². The smallest absolute Gasteiger partial charge is 0.249 e. The summed E-state index contributed by atoms with van der Waals surface area (Å²) in [7, 11) is 0. The largest absolute Gasteiger partial charge is 0.341 e. The minimum absolute atomic E-state index is 0.388. The highest BCUT2D eigenvalue weighted by Gasteiger charge is 2.44. The van der Waals surface area contributed by atoms with E-state index < -0.39 is 40.1 Å². The Morgan fingerprint density at radius 3 is 1.26 bits per heavy atom. The summed E-state index contributed by atoms with van der Waals surface area (Å²) in [4.78, 5) is 50.8. The van der Waals surface area contributed by atoms with Gasteiger partial charge in [0.1, 0.15) is 16.5 Å². The quantitative estimate of drug-likeness (QED) is 0.514. The van der Waals surface area contributed by atoms with E-state index in [1.807, 2.05) is 0 Å². The molecule has 1 aromatic rings. The number of carbonyl (C=O) groups excluding carboxylic acids is 4. The van der Waals surface area contributed by atoms with Crippen molar-refractivity contribution < 1.29 is 19.2 Å². The van der Waals surface area contributed by atoms with Crippen molar-refractivity contribution in [2.24, 2.45) is 5.41 Å². The van der Waals surface area contributed by atoms with Gasteiger partial charge in [0.05, 0.1) is 11.4 Å². The van der Waals surface area contributed by atoms with Gasteiger partial charge in [-0.25, -0.2) is 0 Å². The van der Waals surface area contributed by atoms with Crippen molar-refractivity contribution in [3.05, 3.63) is 24.3 Å². The number of para-hydroxylation sites is 2. The van der Waals surface area contributed by atoms with Gasteiger partial charge in [0.15, 0.2) is 0 Å². The highest BCUT2D eigenvalue weighted by Crippen LogP contribution is 2.26. The van der Waals surface area contributed by atoms with Crippen molar-refractivity contribution >= 4 is 35.0 Å². The number of amides is 4. The minimum Gasteiger partial charge on any atom is -0.341 e. The van der Waals surface area contributed by atoms with Crippen LogP contribution in [0.1, 0.15) is 41.5 Å². The molecular weight excluding hydrogens is 348 g/mol. The SMILES string of the molecule is CC1(C)NC(=O)C(C)(C)C(=O)NC(C)(C)C(=O)Nc2ccccc2NC1=O. The molecule has 1 aliphatic rings. The Morgan fingerprint density at radius 2 is 0.926 bits per heavy atom. The molecule has 0 saturated heterocycles. The molecule has 0 unspecified atom stereocenters. The lowest BCUT2D eigenvalue weighted by atomic mass is 9.88. The van der Waals surface area contributed by atoms with Crippen molar-refractivity contribution in [2.75, 3.05) is 10.6 Å². The second-order valence-electron chi connectivity index (χ2n) is 8.24. The molecule has 4 amide bonds. The summed E-state index contributed by atoms with van der Waals surface area (Å²) >= 11 is 0. The van der Waals surface area contributed by atoms with Crippen molar-refractivity contribution in [1.82, 2.24) is 10.6 Å². The second kappa shape index (κ2) is 6.68. The van der Waals surface area contributed by atoms with Crippen LogP contribution in [-0.4, -0.2) is 34.7 Å². The lowest BCUT2D eigenvalue weighted by Crippen LogP contribution is -2.61. The number of benzene rings is 1. The van der Waals surface area contributed by atoms with Gasteiger partial charge in [0.2, 0.25) is 23.6 Å². The molecule has 4 N–H and O–H groups in total. The fourth-order valence-corrected chi connectivity index (χ4v) is 2.36. The standard InChI is InChI=1S/C19H26N4O4/c1-17(2)13(24)22-18(3,4)15(26)20-11-9-7-8-10-12(11)21-16(27)19(5,6)23-14(17)25/h7-10H,1-6H3,(H,20,26)(H,21,27)(H,22,24)(H,23,25). The van der Waals surface area contributed by atoms with Gasteiger partial charge in [-0.15, -0.1) is 0 Å². The highest BCUT2D eigenvalue weighted by atomic mass is 16.2. The first-order chi connectivity index (χ1) is 12.3. The van der Waals surface area contributed by atoms with Crippen LogP contribution in [0.5, 0.6) is 0 Å². The molecule has 0 saturated carbocycles. The van der Waals surface area contributed by atoms with E-state index in [0.717, 1.165) is 0 Å². The Morgan fingerprint density at radius 1 is 0.593 bits per heavy atom. The maximum atomic E-state index is 12.7. The van der Waals surface area contributed by atoms with Crippen LogP contribution in [0.4, 0.5) is 11.4 Å². The first kappa shape index (κ1) is 20.4. The number of anilines is 2. The molecule has 0 aromatic heterocycles. The van der Waals surface area contributed by atoms with E-state index in [-0.39, 0.29) is 0 Å². The first-order valence-corrected chi connectivity index (χ1v) is 8.64. The van der Waals surface area contributed by atoms with Crippen molar-refractivity contribution in [1.29, 1.82) is 0 Å². The molecular formula is C19H26N4O4. The van der Waals surface area contributed by atoms with E-state index in [1.165, 1.54) is 13.8 Å². The fourth-order valence-electron chi connectivity index (χ4n) is 2.36. The molecule has 1 aromatic carbocycles. The third-order valence-electron chi connectivity index (χ3n) is 4.55. The molecule has 0 aliphatic carbocycles. The van der Waals surface area contributed by atoms with Gasteiger partial charge in [0, 0.05) is 0 Å². The fraction of sp³-hybridized carbons (Fsp3) is 0.474. The summed E-state index contributed by atoms with van der Waals surface area (Å²) in [5, 5.41) is 10.7. The van der Waals surface area contributed by atoms with Crippen LogP contribution in [0.3, 0.4) is 0 Å². The molecule has 27 heavy (non-hydrogen) atoms. The van der Waals surface area contributed by atoms with Gasteiger partial charge in [-0.2, -0.15) is 0 Å². The molecule has 0 spiro atoms. The van der Waals surface area contributed by atoms with Gasteiger partial charge in [-0.1, -0.05) is 12.1 Å². The Kier molecular flexibility index (Phi) is 5.05.